The molecule has 4 aromatic carbocycles. The van der Waals surface area contributed by atoms with Gasteiger partial charge in [0, 0.05) is 28.4 Å². The Labute approximate surface area is 206 Å². The number of phenolic OH excluding ortho intramolecular Hbond substituents is 3. The van der Waals surface area contributed by atoms with Gasteiger partial charge in [0.15, 0.2) is 0 Å². The standard InChI is InChI=1S/C30H31NO4/c1-17-14-27(34)20(4)28(15-17)35-24-9-7-8-23(16-24)31(29-18(2)10-12-25(32)21(29)5)30-19(3)11-13-26(33)22(30)6/h7-16,32-34H,1-6H3. The summed E-state index contributed by atoms with van der Waals surface area (Å²) in [6, 6.07) is 18.4. The van der Waals surface area contributed by atoms with Crippen LogP contribution >= 0.6 is 0 Å². The molecule has 0 heterocycles. The van der Waals surface area contributed by atoms with Gasteiger partial charge in [-0.25, -0.2) is 0 Å². The van der Waals surface area contributed by atoms with Gasteiger partial charge in [0.25, 0.3) is 0 Å². The van der Waals surface area contributed by atoms with E-state index < -0.39 is 0 Å². The zero-order valence-corrected chi connectivity index (χ0v) is 21.0. The van der Waals surface area contributed by atoms with Crippen LogP contribution in [0.4, 0.5) is 17.1 Å². The SMILES string of the molecule is Cc1cc(O)c(C)c(Oc2cccc(N(c3c(C)ccc(O)c3C)c3c(C)ccc(O)c3C)c2)c1. The number of rotatable bonds is 5. The highest BCUT2D eigenvalue weighted by Gasteiger charge is 2.23. The lowest BCUT2D eigenvalue weighted by Gasteiger charge is -2.32. The molecule has 0 aliphatic carbocycles. The van der Waals surface area contributed by atoms with Crippen LogP contribution in [-0.4, -0.2) is 15.3 Å². The fraction of sp³-hybridized carbons (Fsp3) is 0.200. The van der Waals surface area contributed by atoms with E-state index in [1.165, 1.54) is 0 Å². The number of anilines is 3. The molecule has 35 heavy (non-hydrogen) atoms. The number of nitrogens with zero attached hydrogens (tertiary/aromatic N) is 1. The molecule has 4 rings (SSSR count). The van der Waals surface area contributed by atoms with Gasteiger partial charge in [-0.1, -0.05) is 18.2 Å². The third-order valence-corrected chi connectivity index (χ3v) is 6.44. The van der Waals surface area contributed by atoms with Gasteiger partial charge >= 0.3 is 0 Å². The first-order valence-corrected chi connectivity index (χ1v) is 11.5. The number of hydrogen-bond acceptors (Lipinski definition) is 5. The van der Waals surface area contributed by atoms with E-state index in [0.29, 0.717) is 17.1 Å². The molecule has 180 valence electrons. The van der Waals surface area contributed by atoms with Crippen LogP contribution in [0.3, 0.4) is 0 Å². The number of benzene rings is 4. The van der Waals surface area contributed by atoms with Crippen molar-refractivity contribution in [1.29, 1.82) is 0 Å². The molecule has 0 aliphatic rings. The summed E-state index contributed by atoms with van der Waals surface area (Å²) in [5.74, 6) is 1.77. The Kier molecular flexibility index (Phi) is 6.35. The van der Waals surface area contributed by atoms with E-state index in [0.717, 1.165) is 44.9 Å². The van der Waals surface area contributed by atoms with Gasteiger partial charge in [0.1, 0.15) is 28.7 Å². The molecular weight excluding hydrogens is 438 g/mol. The minimum atomic E-state index is 0.190. The van der Waals surface area contributed by atoms with Crippen molar-refractivity contribution in [2.45, 2.75) is 41.5 Å². The van der Waals surface area contributed by atoms with Crippen LogP contribution in [0, 0.1) is 41.5 Å². The van der Waals surface area contributed by atoms with Crippen molar-refractivity contribution in [1.82, 2.24) is 0 Å². The fourth-order valence-corrected chi connectivity index (χ4v) is 4.43. The van der Waals surface area contributed by atoms with Crippen molar-refractivity contribution < 1.29 is 20.1 Å². The summed E-state index contributed by atoms with van der Waals surface area (Å²) >= 11 is 0. The van der Waals surface area contributed by atoms with Crippen molar-refractivity contribution in [2.75, 3.05) is 4.90 Å². The van der Waals surface area contributed by atoms with Gasteiger partial charge in [-0.05, 0) is 94.6 Å². The Morgan fingerprint density at radius 2 is 1.17 bits per heavy atom. The number of aromatic hydroxyl groups is 3. The molecule has 0 aromatic heterocycles. The van der Waals surface area contributed by atoms with E-state index in [1.54, 1.807) is 18.2 Å². The van der Waals surface area contributed by atoms with Crippen LogP contribution < -0.4 is 9.64 Å². The smallest absolute Gasteiger partial charge is 0.134 e. The van der Waals surface area contributed by atoms with Gasteiger partial charge < -0.3 is 25.0 Å². The highest BCUT2D eigenvalue weighted by atomic mass is 16.5. The quantitative estimate of drug-likeness (QED) is 0.277. The predicted molar refractivity (Wildman–Crippen MR) is 141 cm³/mol. The average molecular weight is 470 g/mol. The number of phenols is 3. The molecule has 0 saturated heterocycles. The predicted octanol–water partition coefficient (Wildman–Crippen LogP) is 7.92. The minimum absolute atomic E-state index is 0.190. The van der Waals surface area contributed by atoms with E-state index in [9.17, 15) is 15.3 Å². The first-order chi connectivity index (χ1) is 16.6. The molecule has 3 N–H and O–H groups in total. The first kappa shape index (κ1) is 24.0. The molecule has 0 bridgehead atoms. The summed E-state index contributed by atoms with van der Waals surface area (Å²) in [7, 11) is 0. The van der Waals surface area contributed by atoms with Crippen LogP contribution in [0.5, 0.6) is 28.7 Å². The van der Waals surface area contributed by atoms with Crippen LogP contribution in [0.25, 0.3) is 0 Å². The number of hydrogen-bond donors (Lipinski definition) is 3. The molecule has 0 amide bonds. The molecule has 0 saturated carbocycles. The summed E-state index contributed by atoms with van der Waals surface area (Å²) in [6.45, 7) is 11.5. The number of aryl methyl sites for hydroxylation is 3. The minimum Gasteiger partial charge on any atom is -0.508 e. The third kappa shape index (κ3) is 4.50. The molecular formula is C30H31NO4. The summed E-state index contributed by atoms with van der Waals surface area (Å²) in [5.41, 5.74) is 7.48. The largest absolute Gasteiger partial charge is 0.508 e. The summed E-state index contributed by atoms with van der Waals surface area (Å²) in [4.78, 5) is 2.06. The van der Waals surface area contributed by atoms with Crippen molar-refractivity contribution >= 4 is 17.1 Å². The molecule has 5 nitrogen and oxygen atoms in total. The third-order valence-electron chi connectivity index (χ3n) is 6.44. The van der Waals surface area contributed by atoms with Crippen molar-refractivity contribution in [3.8, 4) is 28.7 Å². The van der Waals surface area contributed by atoms with Gasteiger partial charge in [0.2, 0.25) is 0 Å². The maximum Gasteiger partial charge on any atom is 0.134 e. The molecule has 0 atom stereocenters. The average Bonchev–Trinajstić information content (AvgIpc) is 2.81. The normalized spacial score (nSPS) is 10.9. The van der Waals surface area contributed by atoms with Gasteiger partial charge in [-0.15, -0.1) is 0 Å². The molecule has 0 fully saturated rings. The van der Waals surface area contributed by atoms with Crippen LogP contribution in [-0.2, 0) is 0 Å². The van der Waals surface area contributed by atoms with Crippen molar-refractivity contribution in [3.63, 3.8) is 0 Å². The fourth-order valence-electron chi connectivity index (χ4n) is 4.43. The zero-order valence-electron chi connectivity index (χ0n) is 21.0. The Balaban J connectivity index is 1.93. The first-order valence-electron chi connectivity index (χ1n) is 11.5. The Morgan fingerprint density at radius 3 is 1.74 bits per heavy atom. The molecule has 4 aromatic rings. The van der Waals surface area contributed by atoms with E-state index in [4.69, 9.17) is 4.74 Å². The van der Waals surface area contributed by atoms with E-state index in [-0.39, 0.29) is 17.2 Å². The maximum absolute atomic E-state index is 10.6. The van der Waals surface area contributed by atoms with Gasteiger partial charge in [0.05, 0.1) is 11.4 Å². The van der Waals surface area contributed by atoms with Crippen molar-refractivity contribution in [2.24, 2.45) is 0 Å². The van der Waals surface area contributed by atoms with E-state index in [2.05, 4.69) is 4.90 Å². The van der Waals surface area contributed by atoms with Gasteiger partial charge in [-0.3, -0.25) is 0 Å². The zero-order chi connectivity index (χ0) is 25.4. The Bertz CT molecular complexity index is 1370. The van der Waals surface area contributed by atoms with Crippen LogP contribution in [0.1, 0.15) is 33.4 Å². The topological polar surface area (TPSA) is 73.2 Å². The summed E-state index contributed by atoms with van der Waals surface area (Å²) in [5, 5.41) is 31.4. The highest BCUT2D eigenvalue weighted by Crippen LogP contribution is 2.46. The highest BCUT2D eigenvalue weighted by molar-refractivity contribution is 5.85. The Hall–Kier alpha value is -4.12. The molecule has 0 aliphatic heterocycles. The summed E-state index contributed by atoms with van der Waals surface area (Å²) in [6.07, 6.45) is 0. The lowest BCUT2D eigenvalue weighted by molar-refractivity contribution is 0.447. The van der Waals surface area contributed by atoms with Crippen LogP contribution in [0.2, 0.25) is 0 Å². The lowest BCUT2D eigenvalue weighted by atomic mass is 10.0. The van der Waals surface area contributed by atoms with Crippen LogP contribution in [0.15, 0.2) is 60.7 Å². The molecule has 0 radical (unpaired) electrons. The second-order valence-electron chi connectivity index (χ2n) is 9.09. The van der Waals surface area contributed by atoms with Crippen molar-refractivity contribution in [3.05, 3.63) is 94.0 Å². The molecule has 0 spiro atoms. The second-order valence-corrected chi connectivity index (χ2v) is 9.09. The van der Waals surface area contributed by atoms with E-state index >= 15 is 0 Å². The maximum atomic E-state index is 10.6. The van der Waals surface area contributed by atoms with Gasteiger partial charge in [-0.2, -0.15) is 0 Å². The molecule has 0 unspecified atom stereocenters. The molecule has 5 heteroatoms. The number of ether oxygens (including phenoxy) is 1. The Morgan fingerprint density at radius 1 is 0.600 bits per heavy atom. The lowest BCUT2D eigenvalue weighted by Crippen LogP contribution is -2.15. The monoisotopic (exact) mass is 469 g/mol. The summed E-state index contributed by atoms with van der Waals surface area (Å²) < 4.78 is 6.22. The van der Waals surface area contributed by atoms with E-state index in [1.807, 2.05) is 84.0 Å². The second kappa shape index (κ2) is 9.26.